The van der Waals surface area contributed by atoms with Gasteiger partial charge >= 0.3 is 6.09 Å². The average Bonchev–Trinajstić information content (AvgIpc) is 2.72. The summed E-state index contributed by atoms with van der Waals surface area (Å²) in [6.07, 6.45) is 0.620. The number of nitrogens with two attached hydrogens (primary N) is 1. The topological polar surface area (TPSA) is 112 Å². The number of amides is 2. The summed E-state index contributed by atoms with van der Waals surface area (Å²) in [5, 5.41) is 9.32. The van der Waals surface area contributed by atoms with Crippen LogP contribution in [0.5, 0.6) is 0 Å². The quantitative estimate of drug-likeness (QED) is 0.711. The van der Waals surface area contributed by atoms with Crippen LogP contribution in [0.3, 0.4) is 0 Å². The van der Waals surface area contributed by atoms with Crippen molar-refractivity contribution in [3.05, 3.63) is 17.7 Å². The lowest BCUT2D eigenvalue weighted by molar-refractivity contribution is -0.124. The van der Waals surface area contributed by atoms with E-state index in [4.69, 9.17) is 5.73 Å². The summed E-state index contributed by atoms with van der Waals surface area (Å²) in [7, 11) is 0. The van der Waals surface area contributed by atoms with Gasteiger partial charge in [0.25, 0.3) is 0 Å². The van der Waals surface area contributed by atoms with Gasteiger partial charge < -0.3 is 15.8 Å². The molecule has 0 unspecified atom stereocenters. The van der Waals surface area contributed by atoms with Gasteiger partial charge in [-0.3, -0.25) is 9.69 Å². The molecule has 2 amide bonds. The second-order valence-corrected chi connectivity index (χ2v) is 4.77. The number of primary amides is 1. The maximum atomic E-state index is 11.5. The summed E-state index contributed by atoms with van der Waals surface area (Å²) in [5.41, 5.74) is 6.78. The Bertz CT molecular complexity index is 482. The molecule has 2 heterocycles. The molecule has 7 nitrogen and oxygen atoms in total. The Hall–Kier alpha value is -2.05. The van der Waals surface area contributed by atoms with E-state index in [9.17, 15) is 14.7 Å². The number of carboxylic acid groups (broad SMARTS) is 1. The van der Waals surface area contributed by atoms with Gasteiger partial charge in [-0.15, -0.1) is 0 Å². The third-order valence-electron chi connectivity index (χ3n) is 3.25. The lowest BCUT2D eigenvalue weighted by Crippen LogP contribution is -2.54. The first kappa shape index (κ1) is 12.4. The summed E-state index contributed by atoms with van der Waals surface area (Å²) in [6.45, 7) is 3.78. The largest absolute Gasteiger partial charge is 0.465 e. The fourth-order valence-electron chi connectivity index (χ4n) is 2.49. The molecule has 0 bridgehead atoms. The summed E-state index contributed by atoms with van der Waals surface area (Å²) >= 11 is 0. The van der Waals surface area contributed by atoms with Gasteiger partial charge in [0.15, 0.2) is 0 Å². The van der Waals surface area contributed by atoms with E-state index in [0.29, 0.717) is 5.69 Å². The van der Waals surface area contributed by atoms with Crippen LogP contribution in [-0.4, -0.2) is 38.0 Å². The van der Waals surface area contributed by atoms with Crippen molar-refractivity contribution >= 4 is 12.0 Å². The number of H-pyrrole nitrogens is 1. The zero-order valence-corrected chi connectivity index (χ0v) is 10.3. The Kier molecular flexibility index (Phi) is 2.98. The molecular formula is C11H16N4O3. The molecule has 1 aromatic heterocycles. The molecule has 0 aliphatic carbocycles. The molecule has 0 radical (unpaired) electrons. The van der Waals surface area contributed by atoms with E-state index >= 15 is 0 Å². The minimum atomic E-state index is -1.15. The van der Waals surface area contributed by atoms with Crippen LogP contribution in [0.2, 0.25) is 0 Å². The minimum absolute atomic E-state index is 0.00491. The van der Waals surface area contributed by atoms with Gasteiger partial charge in [-0.1, -0.05) is 13.8 Å². The van der Waals surface area contributed by atoms with Gasteiger partial charge in [0.1, 0.15) is 6.04 Å². The lowest BCUT2D eigenvalue weighted by atomic mass is 9.89. The Balaban J connectivity index is 2.51. The van der Waals surface area contributed by atoms with Crippen molar-refractivity contribution in [1.29, 1.82) is 0 Å². The summed E-state index contributed by atoms with van der Waals surface area (Å²) in [6, 6.07) is -1.29. The van der Waals surface area contributed by atoms with Crippen LogP contribution in [0.25, 0.3) is 0 Å². The Morgan fingerprint density at radius 1 is 1.61 bits per heavy atom. The fraction of sp³-hybridized carbons (Fsp3) is 0.545. The molecule has 0 saturated heterocycles. The highest BCUT2D eigenvalue weighted by molar-refractivity contribution is 5.85. The van der Waals surface area contributed by atoms with Crippen LogP contribution in [-0.2, 0) is 11.2 Å². The van der Waals surface area contributed by atoms with Crippen molar-refractivity contribution in [1.82, 2.24) is 14.9 Å². The number of rotatable bonds is 2. The molecule has 4 N–H and O–H groups in total. The molecule has 7 heteroatoms. The first-order valence-corrected chi connectivity index (χ1v) is 5.76. The number of aromatic nitrogens is 2. The molecule has 0 saturated carbocycles. The molecule has 1 aliphatic rings. The zero-order chi connectivity index (χ0) is 13.4. The monoisotopic (exact) mass is 252 g/mol. The van der Waals surface area contributed by atoms with Crippen molar-refractivity contribution < 1.29 is 14.7 Å². The SMILES string of the molecule is CC(C)[C@H]1c2nc[nH]c2C[C@@H](C(N)=O)N1C(=O)O. The molecule has 1 aliphatic heterocycles. The van der Waals surface area contributed by atoms with Gasteiger partial charge in [0.05, 0.1) is 18.1 Å². The van der Waals surface area contributed by atoms with Gasteiger partial charge in [-0.25, -0.2) is 9.78 Å². The van der Waals surface area contributed by atoms with Crippen molar-refractivity contribution in [2.75, 3.05) is 0 Å². The molecule has 2 atom stereocenters. The van der Waals surface area contributed by atoms with E-state index in [1.165, 1.54) is 6.33 Å². The third kappa shape index (κ3) is 1.81. The van der Waals surface area contributed by atoms with Crippen molar-refractivity contribution in [2.24, 2.45) is 11.7 Å². The molecule has 0 fully saturated rings. The number of aromatic amines is 1. The molecule has 0 spiro atoms. The number of hydrogen-bond donors (Lipinski definition) is 3. The van der Waals surface area contributed by atoms with E-state index in [0.717, 1.165) is 10.6 Å². The highest BCUT2D eigenvalue weighted by atomic mass is 16.4. The van der Waals surface area contributed by atoms with Crippen molar-refractivity contribution in [2.45, 2.75) is 32.4 Å². The molecule has 1 aromatic rings. The second-order valence-electron chi connectivity index (χ2n) is 4.77. The standard InChI is InChI=1S/C11H16N4O3/c1-5(2)9-8-6(13-4-14-8)3-7(10(12)16)15(9)11(17)18/h4-5,7,9H,3H2,1-2H3,(H2,12,16)(H,13,14)(H,17,18)/t7-,9-/m0/s1. The molecule has 0 aromatic carbocycles. The number of carbonyl (C=O) groups excluding carboxylic acids is 1. The maximum Gasteiger partial charge on any atom is 0.408 e. The fourth-order valence-corrected chi connectivity index (χ4v) is 2.49. The summed E-state index contributed by atoms with van der Waals surface area (Å²) in [5.74, 6) is -0.631. The maximum absolute atomic E-state index is 11.5. The van der Waals surface area contributed by atoms with E-state index in [2.05, 4.69) is 9.97 Å². The lowest BCUT2D eigenvalue weighted by Gasteiger charge is -2.39. The number of imidazole rings is 1. The Morgan fingerprint density at radius 2 is 2.28 bits per heavy atom. The van der Waals surface area contributed by atoms with Gasteiger partial charge in [0, 0.05) is 12.1 Å². The number of nitrogens with zero attached hydrogens (tertiary/aromatic N) is 2. The number of carbonyl (C=O) groups is 2. The number of nitrogens with one attached hydrogen (secondary N) is 1. The highest BCUT2D eigenvalue weighted by Gasteiger charge is 2.43. The van der Waals surface area contributed by atoms with Crippen molar-refractivity contribution in [3.63, 3.8) is 0 Å². The van der Waals surface area contributed by atoms with Gasteiger partial charge in [-0.05, 0) is 5.92 Å². The molecule has 18 heavy (non-hydrogen) atoms. The minimum Gasteiger partial charge on any atom is -0.465 e. The zero-order valence-electron chi connectivity index (χ0n) is 10.3. The van der Waals surface area contributed by atoms with Crippen LogP contribution < -0.4 is 5.73 Å². The highest BCUT2D eigenvalue weighted by Crippen LogP contribution is 2.36. The molecular weight excluding hydrogens is 236 g/mol. The van der Waals surface area contributed by atoms with E-state index in [1.54, 1.807) is 0 Å². The normalized spacial score (nSPS) is 22.9. The number of hydrogen-bond acceptors (Lipinski definition) is 3. The first-order chi connectivity index (χ1) is 8.43. The second kappa shape index (κ2) is 4.32. The average molecular weight is 252 g/mol. The predicted octanol–water partition coefficient (Wildman–Crippen LogP) is 0.497. The van der Waals surface area contributed by atoms with Crippen LogP contribution in [0.4, 0.5) is 4.79 Å². The first-order valence-electron chi connectivity index (χ1n) is 5.76. The van der Waals surface area contributed by atoms with Crippen LogP contribution in [0.1, 0.15) is 31.3 Å². The molecule has 98 valence electrons. The van der Waals surface area contributed by atoms with Gasteiger partial charge in [-0.2, -0.15) is 0 Å². The van der Waals surface area contributed by atoms with E-state index in [1.807, 2.05) is 13.8 Å². The number of fused-ring (bicyclic) bond motifs is 1. The summed E-state index contributed by atoms with van der Waals surface area (Å²) in [4.78, 5) is 31.1. The Morgan fingerprint density at radius 3 is 2.78 bits per heavy atom. The van der Waals surface area contributed by atoms with Gasteiger partial charge in [0.2, 0.25) is 5.91 Å². The smallest absolute Gasteiger partial charge is 0.408 e. The molecule has 2 rings (SSSR count). The predicted molar refractivity (Wildman–Crippen MR) is 62.7 cm³/mol. The van der Waals surface area contributed by atoms with E-state index < -0.39 is 24.1 Å². The van der Waals surface area contributed by atoms with Crippen LogP contribution >= 0.6 is 0 Å². The Labute approximate surface area is 104 Å². The third-order valence-corrected chi connectivity index (χ3v) is 3.25. The van der Waals surface area contributed by atoms with Crippen LogP contribution in [0.15, 0.2) is 6.33 Å². The van der Waals surface area contributed by atoms with E-state index in [-0.39, 0.29) is 12.3 Å². The summed E-state index contributed by atoms with van der Waals surface area (Å²) < 4.78 is 0. The van der Waals surface area contributed by atoms with Crippen LogP contribution in [0, 0.1) is 5.92 Å². The van der Waals surface area contributed by atoms with Crippen molar-refractivity contribution in [3.8, 4) is 0 Å².